The molecule has 0 amide bonds. The molecule has 3 N–H and O–H groups in total. The zero-order chi connectivity index (χ0) is 28.0. The molecular formula is C33H33BrN2O4. The zero-order valence-corrected chi connectivity index (χ0v) is 24.1. The van der Waals surface area contributed by atoms with Crippen molar-refractivity contribution in [3.63, 3.8) is 0 Å². The molecule has 6 nitrogen and oxygen atoms in total. The van der Waals surface area contributed by atoms with Gasteiger partial charge in [-0.15, -0.1) is 0 Å². The van der Waals surface area contributed by atoms with Crippen LogP contribution in [0.4, 0.5) is 11.4 Å². The molecular weight excluding hydrogens is 568 g/mol. The van der Waals surface area contributed by atoms with Gasteiger partial charge in [-0.2, -0.15) is 0 Å². The van der Waals surface area contributed by atoms with Gasteiger partial charge in [0.15, 0.2) is 11.6 Å². The van der Waals surface area contributed by atoms with Crippen LogP contribution in [0.5, 0.6) is 0 Å². The first-order valence-corrected chi connectivity index (χ1v) is 15.0. The van der Waals surface area contributed by atoms with Gasteiger partial charge in [0.1, 0.15) is 6.10 Å². The van der Waals surface area contributed by atoms with E-state index in [0.29, 0.717) is 40.0 Å². The average molecular weight is 602 g/mol. The molecule has 0 aliphatic heterocycles. The van der Waals surface area contributed by atoms with Gasteiger partial charge in [0.25, 0.3) is 0 Å². The molecule has 40 heavy (non-hydrogen) atoms. The van der Waals surface area contributed by atoms with E-state index in [2.05, 4.69) is 21.2 Å². The predicted molar refractivity (Wildman–Crippen MR) is 159 cm³/mol. The second-order valence-corrected chi connectivity index (χ2v) is 12.7. The maximum absolute atomic E-state index is 13.7. The highest BCUT2D eigenvalue weighted by Gasteiger charge is 2.38. The topological polar surface area (TPSA) is 98.5 Å². The summed E-state index contributed by atoms with van der Waals surface area (Å²) in [5.41, 5.74) is 10.1. The van der Waals surface area contributed by atoms with E-state index in [4.69, 9.17) is 10.5 Å². The third-order valence-corrected chi connectivity index (χ3v) is 9.67. The Morgan fingerprint density at radius 2 is 1.57 bits per heavy atom. The Hall–Kier alpha value is -3.45. The number of esters is 1. The third-order valence-electron chi connectivity index (χ3n) is 8.84. The van der Waals surface area contributed by atoms with Crippen LogP contribution in [0.15, 0.2) is 54.6 Å². The van der Waals surface area contributed by atoms with E-state index < -0.39 is 5.97 Å². The molecule has 3 aliphatic rings. The molecule has 0 bridgehead atoms. The standard InChI is InChI=1S/C33H33BrN2O4/c1-18-6-8-19(9-7-18)17-36-27-16-26(33(39)40-23-13-11-20-14-22(34)12-10-21(20)15-23)30(35)29-28(27)31(37)24-4-2-3-5-25(24)32(29)38/h2-9,16,20-23,36H,10-15,17,35H2,1H3. The van der Waals surface area contributed by atoms with Gasteiger partial charge < -0.3 is 15.8 Å². The quantitative estimate of drug-likeness (QED) is 0.148. The fourth-order valence-corrected chi connectivity index (χ4v) is 7.39. The lowest BCUT2D eigenvalue weighted by molar-refractivity contribution is -0.000259. The fourth-order valence-electron chi connectivity index (χ4n) is 6.64. The minimum atomic E-state index is -0.546. The van der Waals surface area contributed by atoms with Gasteiger partial charge in [0.2, 0.25) is 0 Å². The molecule has 7 heteroatoms. The van der Waals surface area contributed by atoms with Crippen molar-refractivity contribution in [2.75, 3.05) is 11.1 Å². The van der Waals surface area contributed by atoms with Gasteiger partial charge >= 0.3 is 5.97 Å². The first-order chi connectivity index (χ1) is 19.3. The number of alkyl halides is 1. The van der Waals surface area contributed by atoms with Crippen molar-refractivity contribution in [3.05, 3.63) is 93.5 Å². The number of aryl methyl sites for hydroxylation is 1. The van der Waals surface area contributed by atoms with Crippen molar-refractivity contribution in [1.82, 2.24) is 0 Å². The van der Waals surface area contributed by atoms with E-state index in [1.165, 1.54) is 6.42 Å². The highest BCUT2D eigenvalue weighted by molar-refractivity contribution is 9.09. The van der Waals surface area contributed by atoms with E-state index in [-0.39, 0.29) is 40.0 Å². The summed E-state index contributed by atoms with van der Waals surface area (Å²) in [6, 6.07) is 16.4. The molecule has 3 aromatic carbocycles. The monoisotopic (exact) mass is 600 g/mol. The summed E-state index contributed by atoms with van der Waals surface area (Å²) in [7, 11) is 0. The number of nitrogens with one attached hydrogen (secondary N) is 1. The van der Waals surface area contributed by atoms with Crippen molar-refractivity contribution in [1.29, 1.82) is 0 Å². The number of nitrogen functional groups attached to an aromatic ring is 1. The van der Waals surface area contributed by atoms with Crippen LogP contribution in [-0.4, -0.2) is 28.5 Å². The maximum atomic E-state index is 13.7. The average Bonchev–Trinajstić information content (AvgIpc) is 2.96. The van der Waals surface area contributed by atoms with E-state index >= 15 is 0 Å². The van der Waals surface area contributed by atoms with Crippen LogP contribution in [0.1, 0.15) is 91.9 Å². The summed E-state index contributed by atoms with van der Waals surface area (Å²) >= 11 is 3.77. The van der Waals surface area contributed by atoms with Crippen LogP contribution in [0.2, 0.25) is 0 Å². The predicted octanol–water partition coefficient (Wildman–Crippen LogP) is 6.85. The fraction of sp³-hybridized carbons (Fsp3) is 0.364. The van der Waals surface area contributed by atoms with Gasteiger partial charge in [-0.25, -0.2) is 4.79 Å². The Balaban J connectivity index is 1.33. The SMILES string of the molecule is Cc1ccc(CNc2cc(C(=O)OC3CCC4CC(Br)CCC4C3)c(N)c3c2C(=O)c2ccccc2C3=O)cc1. The van der Waals surface area contributed by atoms with E-state index in [1.807, 2.05) is 31.2 Å². The Morgan fingerprint density at radius 1 is 0.925 bits per heavy atom. The number of ketones is 2. The van der Waals surface area contributed by atoms with Gasteiger partial charge in [0.05, 0.1) is 22.4 Å². The molecule has 2 saturated carbocycles. The van der Waals surface area contributed by atoms with Gasteiger partial charge in [0, 0.05) is 28.2 Å². The van der Waals surface area contributed by atoms with Crippen LogP contribution in [-0.2, 0) is 11.3 Å². The lowest BCUT2D eigenvalue weighted by Gasteiger charge is -2.40. The summed E-state index contributed by atoms with van der Waals surface area (Å²) < 4.78 is 6.03. The minimum absolute atomic E-state index is 0.00206. The van der Waals surface area contributed by atoms with Crippen LogP contribution in [0, 0.1) is 18.8 Å². The Labute approximate surface area is 242 Å². The van der Waals surface area contributed by atoms with Crippen molar-refractivity contribution < 1.29 is 19.1 Å². The maximum Gasteiger partial charge on any atom is 0.340 e. The number of ether oxygens (including phenoxy) is 1. The minimum Gasteiger partial charge on any atom is -0.459 e. The van der Waals surface area contributed by atoms with Gasteiger partial charge in [-0.3, -0.25) is 9.59 Å². The number of benzene rings is 3. The van der Waals surface area contributed by atoms with Crippen LogP contribution in [0.25, 0.3) is 0 Å². The molecule has 2 fully saturated rings. The van der Waals surface area contributed by atoms with Gasteiger partial charge in [-0.1, -0.05) is 70.0 Å². The summed E-state index contributed by atoms with van der Waals surface area (Å²) in [6.07, 6.45) is 5.99. The molecule has 0 heterocycles. The van der Waals surface area contributed by atoms with E-state index in [1.54, 1.807) is 30.3 Å². The van der Waals surface area contributed by atoms with Crippen molar-refractivity contribution in [2.45, 2.75) is 62.9 Å². The second-order valence-electron chi connectivity index (χ2n) is 11.4. The summed E-state index contributed by atoms with van der Waals surface area (Å²) in [5.74, 6) is 0.0361. The van der Waals surface area contributed by atoms with Crippen LogP contribution < -0.4 is 11.1 Å². The lowest BCUT2D eigenvalue weighted by atomic mass is 9.70. The highest BCUT2D eigenvalue weighted by Crippen LogP contribution is 2.44. The lowest BCUT2D eigenvalue weighted by Crippen LogP contribution is -2.35. The number of anilines is 2. The second kappa shape index (κ2) is 10.8. The Kier molecular flexibility index (Phi) is 7.26. The largest absolute Gasteiger partial charge is 0.459 e. The zero-order valence-electron chi connectivity index (χ0n) is 22.5. The summed E-state index contributed by atoms with van der Waals surface area (Å²) in [5, 5.41) is 3.32. The molecule has 4 unspecified atom stereocenters. The third kappa shape index (κ3) is 4.96. The van der Waals surface area contributed by atoms with Crippen molar-refractivity contribution in [2.24, 2.45) is 11.8 Å². The molecule has 0 radical (unpaired) electrons. The highest BCUT2D eigenvalue weighted by atomic mass is 79.9. The smallest absolute Gasteiger partial charge is 0.340 e. The molecule has 3 aromatic rings. The number of nitrogens with two attached hydrogens (primary N) is 1. The Bertz CT molecular complexity index is 1500. The number of hydrogen-bond acceptors (Lipinski definition) is 6. The van der Waals surface area contributed by atoms with E-state index in [0.717, 1.165) is 43.2 Å². The molecule has 3 aliphatic carbocycles. The number of fused-ring (bicyclic) bond motifs is 3. The summed E-state index contributed by atoms with van der Waals surface area (Å²) in [6.45, 7) is 2.43. The summed E-state index contributed by atoms with van der Waals surface area (Å²) in [4.78, 5) is 41.5. The first-order valence-electron chi connectivity index (χ1n) is 14.1. The Morgan fingerprint density at radius 3 is 2.30 bits per heavy atom. The number of carbonyl (C=O) groups is 3. The number of carbonyl (C=O) groups excluding carboxylic acids is 3. The van der Waals surface area contributed by atoms with Crippen molar-refractivity contribution in [3.8, 4) is 0 Å². The van der Waals surface area contributed by atoms with Crippen LogP contribution >= 0.6 is 15.9 Å². The number of rotatable bonds is 5. The molecule has 0 aromatic heterocycles. The molecule has 6 rings (SSSR count). The first kappa shape index (κ1) is 26.8. The van der Waals surface area contributed by atoms with Crippen molar-refractivity contribution >= 4 is 44.8 Å². The van der Waals surface area contributed by atoms with E-state index in [9.17, 15) is 14.4 Å². The molecule has 206 valence electrons. The molecule has 0 spiro atoms. The number of halogens is 1. The normalized spacial score (nSPS) is 23.6. The molecule has 0 saturated heterocycles. The van der Waals surface area contributed by atoms with Crippen LogP contribution in [0.3, 0.4) is 0 Å². The molecule has 4 atom stereocenters. The van der Waals surface area contributed by atoms with Gasteiger partial charge in [-0.05, 0) is 68.9 Å². The number of hydrogen-bond donors (Lipinski definition) is 2.